The minimum Gasteiger partial charge on any atom is -0.385 e. The van der Waals surface area contributed by atoms with Gasteiger partial charge in [-0.2, -0.15) is 11.8 Å². The van der Waals surface area contributed by atoms with Crippen LogP contribution >= 0.6 is 11.8 Å². The van der Waals surface area contributed by atoms with Gasteiger partial charge in [-0.3, -0.25) is 0 Å². The molecule has 1 N–H and O–H groups in total. The summed E-state index contributed by atoms with van der Waals surface area (Å²) in [6, 6.07) is 4.13. The number of ether oxygens (including phenoxy) is 1. The molecule has 0 aliphatic carbocycles. The standard InChI is InChI=1S/C12H20N2OS/c1-3-13-12-11(6-4-7-14-12)10-16-9-5-8-15-2/h4,6-7H,3,5,8-10H2,1-2H3,(H,13,14). The Morgan fingerprint density at radius 3 is 3.12 bits per heavy atom. The topological polar surface area (TPSA) is 34.2 Å². The van der Waals surface area contributed by atoms with E-state index in [1.165, 1.54) is 5.56 Å². The van der Waals surface area contributed by atoms with Crippen LogP contribution in [0.1, 0.15) is 18.9 Å². The number of thioether (sulfide) groups is 1. The smallest absolute Gasteiger partial charge is 0.129 e. The van der Waals surface area contributed by atoms with E-state index in [-0.39, 0.29) is 0 Å². The van der Waals surface area contributed by atoms with E-state index < -0.39 is 0 Å². The highest BCUT2D eigenvalue weighted by molar-refractivity contribution is 7.98. The van der Waals surface area contributed by atoms with Crippen molar-refractivity contribution < 1.29 is 4.74 Å². The monoisotopic (exact) mass is 240 g/mol. The first-order valence-electron chi connectivity index (χ1n) is 5.63. The lowest BCUT2D eigenvalue weighted by molar-refractivity contribution is 0.200. The summed E-state index contributed by atoms with van der Waals surface area (Å²) in [5, 5.41) is 3.28. The minimum atomic E-state index is 0.847. The summed E-state index contributed by atoms with van der Waals surface area (Å²) in [5.41, 5.74) is 1.28. The summed E-state index contributed by atoms with van der Waals surface area (Å²) in [7, 11) is 1.75. The summed E-state index contributed by atoms with van der Waals surface area (Å²) in [6.45, 7) is 3.85. The zero-order valence-electron chi connectivity index (χ0n) is 10.0. The molecule has 0 saturated heterocycles. The molecule has 0 aliphatic heterocycles. The van der Waals surface area contributed by atoms with E-state index in [0.717, 1.165) is 36.9 Å². The molecule has 0 atom stereocenters. The van der Waals surface area contributed by atoms with Gasteiger partial charge in [-0.25, -0.2) is 4.98 Å². The van der Waals surface area contributed by atoms with Gasteiger partial charge in [0.05, 0.1) is 0 Å². The molecule has 3 nitrogen and oxygen atoms in total. The van der Waals surface area contributed by atoms with Crippen LogP contribution in [0.4, 0.5) is 5.82 Å². The highest BCUT2D eigenvalue weighted by Crippen LogP contribution is 2.18. The third kappa shape index (κ3) is 4.86. The Bertz CT molecular complexity index is 294. The van der Waals surface area contributed by atoms with Gasteiger partial charge < -0.3 is 10.1 Å². The van der Waals surface area contributed by atoms with E-state index in [4.69, 9.17) is 4.74 Å². The fourth-order valence-corrected chi connectivity index (χ4v) is 2.29. The number of nitrogens with zero attached hydrogens (tertiary/aromatic N) is 1. The van der Waals surface area contributed by atoms with Gasteiger partial charge in [0.25, 0.3) is 0 Å². The first-order valence-corrected chi connectivity index (χ1v) is 6.78. The second-order valence-electron chi connectivity index (χ2n) is 3.44. The van der Waals surface area contributed by atoms with Crippen LogP contribution in [-0.2, 0) is 10.5 Å². The third-order valence-electron chi connectivity index (χ3n) is 2.13. The molecule has 0 amide bonds. The number of pyridine rings is 1. The third-order valence-corrected chi connectivity index (χ3v) is 3.22. The predicted molar refractivity (Wildman–Crippen MR) is 71.1 cm³/mol. The normalized spacial score (nSPS) is 10.4. The molecule has 16 heavy (non-hydrogen) atoms. The fraction of sp³-hybridized carbons (Fsp3) is 0.583. The number of anilines is 1. The Balaban J connectivity index is 2.34. The molecule has 1 aromatic heterocycles. The lowest BCUT2D eigenvalue weighted by atomic mass is 10.3. The maximum Gasteiger partial charge on any atom is 0.129 e. The van der Waals surface area contributed by atoms with Crippen molar-refractivity contribution in [3.05, 3.63) is 23.9 Å². The van der Waals surface area contributed by atoms with Crippen LogP contribution < -0.4 is 5.32 Å². The van der Waals surface area contributed by atoms with Gasteiger partial charge in [0.2, 0.25) is 0 Å². The number of aromatic nitrogens is 1. The molecule has 0 unspecified atom stereocenters. The molecule has 0 aromatic carbocycles. The van der Waals surface area contributed by atoms with Gasteiger partial charge in [-0.15, -0.1) is 0 Å². The Morgan fingerprint density at radius 1 is 1.50 bits per heavy atom. The zero-order chi connectivity index (χ0) is 11.6. The first-order chi connectivity index (χ1) is 7.88. The van der Waals surface area contributed by atoms with E-state index in [1.807, 2.05) is 24.0 Å². The summed E-state index contributed by atoms with van der Waals surface area (Å²) in [6.07, 6.45) is 2.94. The largest absolute Gasteiger partial charge is 0.385 e. The lowest BCUT2D eigenvalue weighted by Gasteiger charge is -2.08. The van der Waals surface area contributed by atoms with Crippen molar-refractivity contribution in [3.8, 4) is 0 Å². The van der Waals surface area contributed by atoms with Crippen molar-refractivity contribution in [2.45, 2.75) is 19.1 Å². The quantitative estimate of drug-likeness (QED) is 0.709. The van der Waals surface area contributed by atoms with E-state index in [2.05, 4.69) is 23.3 Å². The molecule has 4 heteroatoms. The maximum absolute atomic E-state index is 5.02. The van der Waals surface area contributed by atoms with E-state index in [1.54, 1.807) is 7.11 Å². The average molecular weight is 240 g/mol. The molecule has 1 aromatic rings. The van der Waals surface area contributed by atoms with Crippen molar-refractivity contribution in [1.82, 2.24) is 4.98 Å². The van der Waals surface area contributed by atoms with E-state index in [9.17, 15) is 0 Å². The minimum absolute atomic E-state index is 0.847. The van der Waals surface area contributed by atoms with Crippen molar-refractivity contribution in [1.29, 1.82) is 0 Å². The van der Waals surface area contributed by atoms with Crippen LogP contribution in [-0.4, -0.2) is 31.0 Å². The van der Waals surface area contributed by atoms with Crippen LogP contribution in [0.5, 0.6) is 0 Å². The molecule has 90 valence electrons. The molecular formula is C12H20N2OS. The van der Waals surface area contributed by atoms with Gasteiger partial charge in [0.1, 0.15) is 5.82 Å². The molecule has 1 rings (SSSR count). The Kier molecular flexibility index (Phi) is 7.01. The molecule has 0 saturated carbocycles. The fourth-order valence-electron chi connectivity index (χ4n) is 1.37. The first kappa shape index (κ1) is 13.3. The van der Waals surface area contributed by atoms with Gasteiger partial charge >= 0.3 is 0 Å². The summed E-state index contributed by atoms with van der Waals surface area (Å²) in [5.74, 6) is 3.16. The summed E-state index contributed by atoms with van der Waals surface area (Å²) in [4.78, 5) is 4.33. The van der Waals surface area contributed by atoms with Crippen LogP contribution in [0, 0.1) is 0 Å². The number of hydrogen-bond donors (Lipinski definition) is 1. The summed E-state index contributed by atoms with van der Waals surface area (Å²) >= 11 is 1.93. The number of rotatable bonds is 8. The van der Waals surface area contributed by atoms with Crippen molar-refractivity contribution >= 4 is 17.6 Å². The molecule has 0 aliphatic rings. The number of hydrogen-bond acceptors (Lipinski definition) is 4. The van der Waals surface area contributed by atoms with Crippen LogP contribution in [0.25, 0.3) is 0 Å². The van der Waals surface area contributed by atoms with Gasteiger partial charge in [-0.1, -0.05) is 6.07 Å². The Hall–Kier alpha value is -0.740. The highest BCUT2D eigenvalue weighted by Gasteiger charge is 2.01. The number of methoxy groups -OCH3 is 1. The van der Waals surface area contributed by atoms with Gasteiger partial charge in [0.15, 0.2) is 0 Å². The van der Waals surface area contributed by atoms with Crippen LogP contribution in [0.3, 0.4) is 0 Å². The van der Waals surface area contributed by atoms with Gasteiger partial charge in [-0.05, 0) is 25.2 Å². The molecule has 0 radical (unpaired) electrons. The molecule has 0 bridgehead atoms. The molecule has 0 spiro atoms. The average Bonchev–Trinajstić information content (AvgIpc) is 2.31. The Labute approximate surface area is 102 Å². The highest BCUT2D eigenvalue weighted by atomic mass is 32.2. The van der Waals surface area contributed by atoms with E-state index in [0.29, 0.717) is 0 Å². The number of nitrogens with one attached hydrogen (secondary N) is 1. The lowest BCUT2D eigenvalue weighted by Crippen LogP contribution is -2.02. The van der Waals surface area contributed by atoms with Crippen LogP contribution in [0.15, 0.2) is 18.3 Å². The zero-order valence-corrected chi connectivity index (χ0v) is 10.8. The van der Waals surface area contributed by atoms with Crippen molar-refractivity contribution in [3.63, 3.8) is 0 Å². The van der Waals surface area contributed by atoms with Crippen molar-refractivity contribution in [2.24, 2.45) is 0 Å². The molecular weight excluding hydrogens is 220 g/mol. The SMILES string of the molecule is CCNc1ncccc1CSCCCOC. The molecule has 1 heterocycles. The maximum atomic E-state index is 5.02. The summed E-state index contributed by atoms with van der Waals surface area (Å²) < 4.78 is 5.02. The second kappa shape index (κ2) is 8.42. The van der Waals surface area contributed by atoms with E-state index >= 15 is 0 Å². The van der Waals surface area contributed by atoms with Crippen molar-refractivity contribution in [2.75, 3.05) is 31.3 Å². The Morgan fingerprint density at radius 2 is 2.38 bits per heavy atom. The molecule has 0 fully saturated rings. The second-order valence-corrected chi connectivity index (χ2v) is 4.55. The van der Waals surface area contributed by atoms with Gasteiger partial charge in [0, 0.05) is 37.8 Å². The van der Waals surface area contributed by atoms with Crippen LogP contribution in [0.2, 0.25) is 0 Å². The predicted octanol–water partition coefficient (Wildman–Crippen LogP) is 2.78.